The lowest BCUT2D eigenvalue weighted by Gasteiger charge is -2.03. The number of carbonyl (C=O) groups excluding carboxylic acids is 1. The van der Waals surface area contributed by atoms with E-state index in [0.717, 1.165) is 0 Å². The zero-order valence-corrected chi connectivity index (χ0v) is 7.14. The molecule has 13 heavy (non-hydrogen) atoms. The predicted octanol–water partition coefficient (Wildman–Crippen LogP) is 1.15. The number of benzene rings is 1. The van der Waals surface area contributed by atoms with Gasteiger partial charge in [0.15, 0.2) is 5.78 Å². The predicted molar refractivity (Wildman–Crippen MR) is 47.3 cm³/mol. The molecule has 1 aliphatic rings. The summed E-state index contributed by atoms with van der Waals surface area (Å²) in [5.41, 5.74) is 1.09. The molecule has 1 N–H and O–H groups in total. The Morgan fingerprint density at radius 1 is 1.38 bits per heavy atom. The van der Waals surface area contributed by atoms with Crippen LogP contribution in [-0.4, -0.2) is 18.9 Å². The minimum atomic E-state index is -0.269. The van der Waals surface area contributed by atoms with Crippen LogP contribution in [0.5, 0.6) is 0 Å². The van der Waals surface area contributed by atoms with Gasteiger partial charge in [-0.25, -0.2) is 4.39 Å². The molecule has 2 rings (SSSR count). The molecule has 0 spiro atoms. The summed E-state index contributed by atoms with van der Waals surface area (Å²) in [4.78, 5) is 11.4. The van der Waals surface area contributed by atoms with Crippen LogP contribution in [0, 0.1) is 5.82 Å². The summed E-state index contributed by atoms with van der Waals surface area (Å²) in [6.07, 6.45) is 0.591. The molecule has 0 aliphatic carbocycles. The van der Waals surface area contributed by atoms with Gasteiger partial charge in [0.05, 0.1) is 6.54 Å². The van der Waals surface area contributed by atoms with Gasteiger partial charge in [-0.1, -0.05) is 12.1 Å². The van der Waals surface area contributed by atoms with E-state index in [1.165, 1.54) is 6.07 Å². The highest BCUT2D eigenvalue weighted by Gasteiger charge is 2.17. The van der Waals surface area contributed by atoms with E-state index in [9.17, 15) is 9.18 Å². The quantitative estimate of drug-likeness (QED) is 0.647. The molecular formula is C10H10FNO. The third-order valence-corrected chi connectivity index (χ3v) is 2.26. The molecule has 0 radical (unpaired) electrons. The van der Waals surface area contributed by atoms with Crippen molar-refractivity contribution in [2.45, 2.75) is 6.42 Å². The number of fused-ring (bicyclic) bond motifs is 1. The first kappa shape index (κ1) is 8.38. The Balaban J connectivity index is 2.54. The molecule has 1 aromatic rings. The number of carbonyl (C=O) groups is 1. The van der Waals surface area contributed by atoms with Crippen molar-refractivity contribution in [2.24, 2.45) is 0 Å². The highest BCUT2D eigenvalue weighted by molar-refractivity contribution is 5.99. The lowest BCUT2D eigenvalue weighted by Crippen LogP contribution is -2.21. The highest BCUT2D eigenvalue weighted by atomic mass is 19.1. The number of rotatable bonds is 0. The van der Waals surface area contributed by atoms with Crippen molar-refractivity contribution in [1.82, 2.24) is 5.32 Å². The molecule has 0 fully saturated rings. The van der Waals surface area contributed by atoms with E-state index < -0.39 is 0 Å². The van der Waals surface area contributed by atoms with E-state index in [0.29, 0.717) is 30.6 Å². The largest absolute Gasteiger partial charge is 0.309 e. The Kier molecular flexibility index (Phi) is 2.10. The van der Waals surface area contributed by atoms with Crippen LogP contribution in [0.4, 0.5) is 4.39 Å². The molecule has 2 nitrogen and oxygen atoms in total. The normalized spacial score (nSPS) is 16.5. The van der Waals surface area contributed by atoms with Crippen LogP contribution in [0.1, 0.15) is 15.9 Å². The summed E-state index contributed by atoms with van der Waals surface area (Å²) in [5, 5.41) is 2.95. The van der Waals surface area contributed by atoms with Crippen molar-refractivity contribution >= 4 is 5.78 Å². The number of nitrogens with one attached hydrogen (secondary N) is 1. The summed E-state index contributed by atoms with van der Waals surface area (Å²) in [5.74, 6) is -0.290. The summed E-state index contributed by atoms with van der Waals surface area (Å²) in [6.45, 7) is 0.982. The second kappa shape index (κ2) is 3.26. The number of halogens is 1. The lowest BCUT2D eigenvalue weighted by atomic mass is 10.0. The molecule has 0 atom stereocenters. The lowest BCUT2D eigenvalue weighted by molar-refractivity contribution is 0.0993. The minimum absolute atomic E-state index is 0.0213. The number of ketones is 1. The standard InChI is InChI=1S/C10H10FNO/c11-9-3-1-2-8-7(9)4-5-12-6-10(8)13/h1-3,12H,4-6H2. The Morgan fingerprint density at radius 2 is 2.23 bits per heavy atom. The first-order valence-corrected chi connectivity index (χ1v) is 4.30. The second-order valence-corrected chi connectivity index (χ2v) is 3.12. The third kappa shape index (κ3) is 1.47. The van der Waals surface area contributed by atoms with Gasteiger partial charge in [0.1, 0.15) is 5.82 Å². The van der Waals surface area contributed by atoms with Gasteiger partial charge in [0.2, 0.25) is 0 Å². The van der Waals surface area contributed by atoms with Crippen LogP contribution in [-0.2, 0) is 6.42 Å². The van der Waals surface area contributed by atoms with Crippen molar-refractivity contribution in [3.63, 3.8) is 0 Å². The summed E-state index contributed by atoms with van der Waals surface area (Å²) >= 11 is 0. The van der Waals surface area contributed by atoms with Gasteiger partial charge in [0.25, 0.3) is 0 Å². The number of hydrogen-bond acceptors (Lipinski definition) is 2. The Bertz CT molecular complexity index is 349. The fraction of sp³-hybridized carbons (Fsp3) is 0.300. The fourth-order valence-electron chi connectivity index (χ4n) is 1.58. The summed E-state index contributed by atoms with van der Waals surface area (Å²) in [6, 6.07) is 4.67. The van der Waals surface area contributed by atoms with E-state index in [1.54, 1.807) is 12.1 Å². The number of Topliss-reactive ketones (excluding diaryl/α,β-unsaturated/α-hetero) is 1. The van der Waals surface area contributed by atoms with E-state index in [2.05, 4.69) is 5.32 Å². The highest BCUT2D eigenvalue weighted by Crippen LogP contribution is 2.16. The van der Waals surface area contributed by atoms with Gasteiger partial charge >= 0.3 is 0 Å². The molecule has 3 heteroatoms. The number of hydrogen-bond donors (Lipinski definition) is 1. The maximum absolute atomic E-state index is 13.2. The zero-order valence-electron chi connectivity index (χ0n) is 7.14. The SMILES string of the molecule is O=C1CNCCc2c(F)cccc21. The van der Waals surface area contributed by atoms with Gasteiger partial charge in [-0.3, -0.25) is 4.79 Å². The molecule has 0 saturated carbocycles. The molecular weight excluding hydrogens is 169 g/mol. The Labute approximate surface area is 75.8 Å². The molecule has 0 unspecified atom stereocenters. The average molecular weight is 179 g/mol. The van der Waals surface area contributed by atoms with Gasteiger partial charge in [-0.15, -0.1) is 0 Å². The van der Waals surface area contributed by atoms with Crippen molar-refractivity contribution < 1.29 is 9.18 Å². The van der Waals surface area contributed by atoms with Gasteiger partial charge in [-0.05, 0) is 24.6 Å². The topological polar surface area (TPSA) is 29.1 Å². The minimum Gasteiger partial charge on any atom is -0.309 e. The molecule has 0 amide bonds. The van der Waals surface area contributed by atoms with Crippen LogP contribution in [0.15, 0.2) is 18.2 Å². The third-order valence-electron chi connectivity index (χ3n) is 2.26. The molecule has 0 aromatic heterocycles. The van der Waals surface area contributed by atoms with E-state index in [-0.39, 0.29) is 11.6 Å². The summed E-state index contributed by atoms with van der Waals surface area (Å²) < 4.78 is 13.2. The molecule has 1 heterocycles. The van der Waals surface area contributed by atoms with Crippen molar-refractivity contribution in [3.8, 4) is 0 Å². The maximum Gasteiger partial charge on any atom is 0.176 e. The first-order chi connectivity index (χ1) is 6.29. The van der Waals surface area contributed by atoms with Crippen molar-refractivity contribution in [1.29, 1.82) is 0 Å². The van der Waals surface area contributed by atoms with Crippen LogP contribution >= 0.6 is 0 Å². The Hall–Kier alpha value is -1.22. The van der Waals surface area contributed by atoms with Crippen LogP contribution in [0.25, 0.3) is 0 Å². The van der Waals surface area contributed by atoms with Gasteiger partial charge in [0, 0.05) is 5.56 Å². The first-order valence-electron chi connectivity index (χ1n) is 4.30. The van der Waals surface area contributed by atoms with Gasteiger partial charge in [-0.2, -0.15) is 0 Å². The van der Waals surface area contributed by atoms with Crippen LogP contribution in [0.2, 0.25) is 0 Å². The molecule has 0 saturated heterocycles. The van der Waals surface area contributed by atoms with Crippen LogP contribution < -0.4 is 5.32 Å². The molecule has 1 aromatic carbocycles. The van der Waals surface area contributed by atoms with E-state index >= 15 is 0 Å². The maximum atomic E-state index is 13.2. The fourth-order valence-corrected chi connectivity index (χ4v) is 1.58. The molecule has 0 bridgehead atoms. The van der Waals surface area contributed by atoms with Gasteiger partial charge < -0.3 is 5.32 Å². The monoisotopic (exact) mass is 179 g/mol. The molecule has 68 valence electrons. The Morgan fingerprint density at radius 3 is 3.08 bits per heavy atom. The smallest absolute Gasteiger partial charge is 0.176 e. The van der Waals surface area contributed by atoms with Crippen LogP contribution in [0.3, 0.4) is 0 Å². The van der Waals surface area contributed by atoms with E-state index in [1.807, 2.05) is 0 Å². The molecule has 1 aliphatic heterocycles. The van der Waals surface area contributed by atoms with E-state index in [4.69, 9.17) is 0 Å². The second-order valence-electron chi connectivity index (χ2n) is 3.12. The average Bonchev–Trinajstić information content (AvgIpc) is 2.30. The van der Waals surface area contributed by atoms with Crippen molar-refractivity contribution in [3.05, 3.63) is 35.1 Å². The summed E-state index contributed by atoms with van der Waals surface area (Å²) in [7, 11) is 0. The van der Waals surface area contributed by atoms with Crippen molar-refractivity contribution in [2.75, 3.05) is 13.1 Å². The zero-order chi connectivity index (χ0) is 9.26.